The van der Waals surface area contributed by atoms with Crippen LogP contribution in [-0.2, 0) is 0 Å². The Hall–Kier alpha value is -0.440. The Morgan fingerprint density at radius 3 is 2.11 bits per heavy atom. The number of guanidine groups is 1. The Kier molecular flexibility index (Phi) is 2.77. The first-order chi connectivity index (χ1) is 3.95. The zero-order valence-corrected chi connectivity index (χ0v) is 6.66. The molecule has 0 amide bonds. The van der Waals surface area contributed by atoms with Crippen molar-refractivity contribution in [3.63, 3.8) is 0 Å². The molecule has 0 aromatic rings. The Balaban J connectivity index is 3.75. The summed E-state index contributed by atoms with van der Waals surface area (Å²) >= 11 is 5.06. The van der Waals surface area contributed by atoms with Crippen molar-refractivity contribution in [1.82, 2.24) is 5.32 Å². The van der Waals surface area contributed by atoms with Gasteiger partial charge in [0.05, 0.1) is 0 Å². The summed E-state index contributed by atoms with van der Waals surface area (Å²) in [6.07, 6.45) is 0. The number of rotatable bonds is 0. The third-order valence-corrected chi connectivity index (χ3v) is 0.776. The number of nitrogens with two attached hydrogens (primary N) is 1. The molecule has 0 aliphatic rings. The van der Waals surface area contributed by atoms with Crippen LogP contribution in [-0.4, -0.2) is 11.5 Å². The third kappa shape index (κ3) is 5.43. The molecule has 0 aliphatic carbocycles. The lowest BCUT2D eigenvalue weighted by Crippen LogP contribution is -2.44. The fraction of sp³-hybridized carbons (Fsp3) is 0.800. The molecule has 0 aromatic heterocycles. The van der Waals surface area contributed by atoms with E-state index in [1.807, 2.05) is 20.8 Å². The van der Waals surface area contributed by atoms with Crippen molar-refractivity contribution in [1.29, 1.82) is 0 Å². The Labute approximate surface area is 60.4 Å². The largest absolute Gasteiger partial charge is 0.369 e. The molecule has 0 saturated heterocycles. The molecule has 9 heavy (non-hydrogen) atoms. The molecule has 54 valence electrons. The molecule has 0 unspecified atom stereocenters. The van der Waals surface area contributed by atoms with E-state index in [-0.39, 0.29) is 11.5 Å². The molecule has 4 heteroatoms. The van der Waals surface area contributed by atoms with Crippen molar-refractivity contribution < 1.29 is 0 Å². The van der Waals surface area contributed by atoms with Crippen molar-refractivity contribution in [3.05, 3.63) is 0 Å². The summed E-state index contributed by atoms with van der Waals surface area (Å²) in [5.74, 6) is 0.254. The van der Waals surface area contributed by atoms with E-state index in [0.29, 0.717) is 0 Å². The number of hydrogen-bond donors (Lipinski definition) is 2. The molecule has 0 bridgehead atoms. The minimum Gasteiger partial charge on any atom is -0.369 e. The van der Waals surface area contributed by atoms with Gasteiger partial charge in [-0.1, -0.05) is 0 Å². The average molecular weight is 150 g/mol. The van der Waals surface area contributed by atoms with Crippen molar-refractivity contribution >= 4 is 17.7 Å². The zero-order valence-electron chi connectivity index (χ0n) is 5.90. The van der Waals surface area contributed by atoms with Crippen LogP contribution in [0.3, 0.4) is 0 Å². The average Bonchev–Trinajstić information content (AvgIpc) is 1.62. The van der Waals surface area contributed by atoms with Gasteiger partial charge in [0.1, 0.15) is 0 Å². The quantitative estimate of drug-likeness (QED) is 0.396. The number of nitrogens with zero attached hydrogens (tertiary/aromatic N) is 1. The van der Waals surface area contributed by atoms with E-state index >= 15 is 0 Å². The molecule has 0 radical (unpaired) electrons. The van der Waals surface area contributed by atoms with E-state index in [1.54, 1.807) is 0 Å². The van der Waals surface area contributed by atoms with Crippen molar-refractivity contribution in [2.24, 2.45) is 10.2 Å². The zero-order chi connectivity index (χ0) is 7.49. The first kappa shape index (κ1) is 8.56. The second kappa shape index (κ2) is 2.92. The summed E-state index contributed by atoms with van der Waals surface area (Å²) in [5, 5.41) is 2.86. The maximum Gasteiger partial charge on any atom is 0.206 e. The lowest BCUT2D eigenvalue weighted by atomic mass is 10.1. The van der Waals surface area contributed by atoms with E-state index < -0.39 is 0 Å². The van der Waals surface area contributed by atoms with Gasteiger partial charge in [0, 0.05) is 17.3 Å². The maximum atomic E-state index is 5.27. The smallest absolute Gasteiger partial charge is 0.206 e. The SMILES string of the molecule is CC(C)(C)N/C(N)=N/Cl. The molecule has 0 atom stereocenters. The van der Waals surface area contributed by atoms with Crippen LogP contribution in [0.4, 0.5) is 0 Å². The van der Waals surface area contributed by atoms with Crippen LogP contribution in [0.1, 0.15) is 20.8 Å². The standard InChI is InChI=1S/C5H12ClN3/c1-5(2,3)8-4(7)9-6/h1-3H3,(H3,7,8,9). The van der Waals surface area contributed by atoms with Gasteiger partial charge < -0.3 is 11.1 Å². The number of nitrogens with one attached hydrogen (secondary N) is 1. The van der Waals surface area contributed by atoms with Crippen molar-refractivity contribution in [3.8, 4) is 0 Å². The van der Waals surface area contributed by atoms with E-state index in [1.165, 1.54) is 0 Å². The summed E-state index contributed by atoms with van der Waals surface area (Å²) in [5.41, 5.74) is 5.20. The number of hydrogen-bond acceptors (Lipinski definition) is 1. The van der Waals surface area contributed by atoms with Gasteiger partial charge >= 0.3 is 0 Å². The maximum absolute atomic E-state index is 5.27. The molecular formula is C5H12ClN3. The third-order valence-electron chi connectivity index (χ3n) is 0.594. The molecule has 0 aliphatic heterocycles. The summed E-state index contributed by atoms with van der Waals surface area (Å²) in [6.45, 7) is 5.92. The van der Waals surface area contributed by atoms with Gasteiger partial charge in [-0.25, -0.2) is 0 Å². The summed E-state index contributed by atoms with van der Waals surface area (Å²) < 4.78 is 3.23. The molecule has 0 aromatic carbocycles. The highest BCUT2D eigenvalue weighted by molar-refractivity contribution is 6.19. The molecule has 0 spiro atoms. The first-order valence-electron chi connectivity index (χ1n) is 2.68. The molecule has 0 saturated carbocycles. The minimum absolute atomic E-state index is 0.0670. The minimum atomic E-state index is -0.0670. The predicted octanol–water partition coefficient (Wildman–Crippen LogP) is 0.843. The highest BCUT2D eigenvalue weighted by atomic mass is 35.5. The summed E-state index contributed by atoms with van der Waals surface area (Å²) in [4.78, 5) is 0. The van der Waals surface area contributed by atoms with Crippen LogP contribution in [0.5, 0.6) is 0 Å². The van der Waals surface area contributed by atoms with E-state index in [4.69, 9.17) is 17.5 Å². The summed E-state index contributed by atoms with van der Waals surface area (Å²) in [6, 6.07) is 0. The van der Waals surface area contributed by atoms with Gasteiger partial charge in [-0.3, -0.25) is 0 Å². The highest BCUT2D eigenvalue weighted by Gasteiger charge is 2.08. The Bertz CT molecular complexity index is 114. The van der Waals surface area contributed by atoms with Crippen LogP contribution in [0, 0.1) is 0 Å². The Morgan fingerprint density at radius 2 is 2.00 bits per heavy atom. The fourth-order valence-corrected chi connectivity index (χ4v) is 0.448. The second-order valence-electron chi connectivity index (χ2n) is 2.84. The van der Waals surface area contributed by atoms with Crippen LogP contribution in [0.25, 0.3) is 0 Å². The van der Waals surface area contributed by atoms with Gasteiger partial charge in [-0.15, -0.1) is 4.51 Å². The Morgan fingerprint density at radius 1 is 1.56 bits per heavy atom. The monoisotopic (exact) mass is 149 g/mol. The van der Waals surface area contributed by atoms with E-state index in [0.717, 1.165) is 0 Å². The molecular weight excluding hydrogens is 138 g/mol. The van der Waals surface area contributed by atoms with Crippen LogP contribution in [0.15, 0.2) is 4.51 Å². The molecule has 3 nitrogen and oxygen atoms in total. The van der Waals surface area contributed by atoms with Crippen molar-refractivity contribution in [2.75, 3.05) is 0 Å². The molecule has 0 heterocycles. The highest BCUT2D eigenvalue weighted by Crippen LogP contribution is 1.96. The van der Waals surface area contributed by atoms with E-state index in [2.05, 4.69) is 9.83 Å². The van der Waals surface area contributed by atoms with Crippen molar-refractivity contribution in [2.45, 2.75) is 26.3 Å². The normalized spacial score (nSPS) is 13.6. The predicted molar refractivity (Wildman–Crippen MR) is 40.4 cm³/mol. The van der Waals surface area contributed by atoms with Crippen LogP contribution in [0.2, 0.25) is 0 Å². The van der Waals surface area contributed by atoms with Gasteiger partial charge in [-0.2, -0.15) is 0 Å². The second-order valence-corrected chi connectivity index (χ2v) is 3.01. The molecule has 3 N–H and O–H groups in total. The molecule has 0 fully saturated rings. The topological polar surface area (TPSA) is 50.4 Å². The van der Waals surface area contributed by atoms with Crippen LogP contribution < -0.4 is 11.1 Å². The van der Waals surface area contributed by atoms with E-state index in [9.17, 15) is 0 Å². The van der Waals surface area contributed by atoms with Gasteiger partial charge in [0.15, 0.2) is 0 Å². The van der Waals surface area contributed by atoms with Gasteiger partial charge in [0.2, 0.25) is 5.96 Å². The lowest BCUT2D eigenvalue weighted by molar-refractivity contribution is 0.510. The molecule has 0 rings (SSSR count). The van der Waals surface area contributed by atoms with Gasteiger partial charge in [0.25, 0.3) is 0 Å². The van der Waals surface area contributed by atoms with Gasteiger partial charge in [-0.05, 0) is 20.8 Å². The number of halogens is 1. The lowest BCUT2D eigenvalue weighted by Gasteiger charge is -2.19. The first-order valence-corrected chi connectivity index (χ1v) is 3.02. The summed E-state index contributed by atoms with van der Waals surface area (Å²) in [7, 11) is 0. The fourth-order valence-electron chi connectivity index (χ4n) is 0.405. The van der Waals surface area contributed by atoms with Crippen LogP contribution >= 0.6 is 11.8 Å².